The Morgan fingerprint density at radius 1 is 1.89 bits per heavy atom. The summed E-state index contributed by atoms with van der Waals surface area (Å²) in [5, 5.41) is 1.18. The molecule has 0 radical (unpaired) electrons. The van der Waals surface area contributed by atoms with E-state index in [9.17, 15) is 0 Å². The summed E-state index contributed by atoms with van der Waals surface area (Å²) in [6.07, 6.45) is 7.08. The van der Waals surface area contributed by atoms with Crippen molar-refractivity contribution >= 4 is 15.0 Å². The molecule has 0 saturated carbocycles. The first-order valence-electron chi connectivity index (χ1n) is 2.78. The van der Waals surface area contributed by atoms with Crippen molar-refractivity contribution in [3.63, 3.8) is 0 Å². The third kappa shape index (κ3) is 4.13. The molecule has 0 heterocycles. The molecule has 0 N–H and O–H groups in total. The summed E-state index contributed by atoms with van der Waals surface area (Å²) in [6, 6.07) is 0. The maximum absolute atomic E-state index is 5.21. The van der Waals surface area contributed by atoms with Gasteiger partial charge in [-0.2, -0.15) is 0 Å². The van der Waals surface area contributed by atoms with E-state index in [4.69, 9.17) is 6.42 Å². The van der Waals surface area contributed by atoms with Gasteiger partial charge in [0.1, 0.15) is 0 Å². The Kier molecular flexibility index (Phi) is 5.48. The van der Waals surface area contributed by atoms with Crippen LogP contribution in [0.15, 0.2) is 18.4 Å². The molecule has 1 heteroatoms. The monoisotopic (exact) mass is 186 g/mol. The van der Waals surface area contributed by atoms with Crippen LogP contribution in [0, 0.1) is 12.3 Å². The Morgan fingerprint density at radius 3 is 2.89 bits per heavy atom. The van der Waals surface area contributed by atoms with Crippen LogP contribution in [0.4, 0.5) is 0 Å². The Hall–Kier alpha value is -0.401. The SMILES string of the molecule is C#CC(C=C=C)[Se]CC. The van der Waals surface area contributed by atoms with E-state index in [0.717, 1.165) is 0 Å². The minimum absolute atomic E-state index is 0.306. The van der Waals surface area contributed by atoms with Crippen molar-refractivity contribution in [2.75, 3.05) is 0 Å². The van der Waals surface area contributed by atoms with E-state index >= 15 is 0 Å². The van der Waals surface area contributed by atoms with Gasteiger partial charge in [-0.05, 0) is 0 Å². The molecule has 48 valence electrons. The van der Waals surface area contributed by atoms with Gasteiger partial charge in [-0.1, -0.05) is 0 Å². The van der Waals surface area contributed by atoms with E-state index in [-0.39, 0.29) is 0 Å². The van der Waals surface area contributed by atoms with Crippen LogP contribution >= 0.6 is 0 Å². The summed E-state index contributed by atoms with van der Waals surface area (Å²) >= 11 is 0.541. The van der Waals surface area contributed by atoms with E-state index in [1.807, 2.05) is 6.08 Å². The van der Waals surface area contributed by atoms with Crippen LogP contribution in [0.2, 0.25) is 10.1 Å². The third-order valence-electron chi connectivity index (χ3n) is 0.780. The van der Waals surface area contributed by atoms with Crippen molar-refractivity contribution in [3.8, 4) is 12.3 Å². The first-order valence-corrected chi connectivity index (χ1v) is 4.98. The number of hydrogen-bond acceptors (Lipinski definition) is 0. The van der Waals surface area contributed by atoms with Crippen molar-refractivity contribution in [3.05, 3.63) is 18.4 Å². The van der Waals surface area contributed by atoms with Gasteiger partial charge in [0.05, 0.1) is 0 Å². The Bertz CT molecular complexity index is 146. The summed E-state index contributed by atoms with van der Waals surface area (Å²) in [5.41, 5.74) is 2.70. The standard InChI is InChI=1S/C8H10Se/c1-4-7-8(5-2)9-6-3/h2,7-8H,1,6H2,3H3. The zero-order valence-corrected chi connectivity index (χ0v) is 7.27. The fourth-order valence-electron chi connectivity index (χ4n) is 0.431. The van der Waals surface area contributed by atoms with Crippen LogP contribution in [0.25, 0.3) is 0 Å². The number of allylic oxidation sites excluding steroid dienone is 1. The zero-order chi connectivity index (χ0) is 7.11. The fraction of sp³-hybridized carbons (Fsp3) is 0.375. The number of terminal acetylenes is 1. The molecule has 1 atom stereocenters. The fourth-order valence-corrected chi connectivity index (χ4v) is 1.79. The molecule has 0 aliphatic rings. The average molecular weight is 185 g/mol. The maximum atomic E-state index is 5.21. The van der Waals surface area contributed by atoms with Crippen molar-refractivity contribution in [2.24, 2.45) is 0 Å². The molecule has 0 aliphatic heterocycles. The van der Waals surface area contributed by atoms with E-state index in [1.54, 1.807) is 0 Å². The molecule has 0 aliphatic carbocycles. The van der Waals surface area contributed by atoms with Crippen molar-refractivity contribution < 1.29 is 0 Å². The quantitative estimate of drug-likeness (QED) is 0.358. The number of hydrogen-bond donors (Lipinski definition) is 0. The van der Waals surface area contributed by atoms with Gasteiger partial charge in [0.2, 0.25) is 0 Å². The second kappa shape index (κ2) is 5.73. The predicted octanol–water partition coefficient (Wildman–Crippen LogP) is 1.89. The molecule has 0 nitrogen and oxygen atoms in total. The van der Waals surface area contributed by atoms with Crippen molar-refractivity contribution in [1.29, 1.82) is 0 Å². The molecule has 0 aromatic heterocycles. The van der Waals surface area contributed by atoms with Gasteiger partial charge < -0.3 is 0 Å². The second-order valence-corrected chi connectivity index (χ2v) is 4.39. The summed E-state index contributed by atoms with van der Waals surface area (Å²) in [7, 11) is 0. The van der Waals surface area contributed by atoms with Crippen LogP contribution in [-0.2, 0) is 0 Å². The van der Waals surface area contributed by atoms with Crippen LogP contribution in [0.3, 0.4) is 0 Å². The Labute approximate surface area is 63.2 Å². The van der Waals surface area contributed by atoms with E-state index < -0.39 is 0 Å². The van der Waals surface area contributed by atoms with Gasteiger partial charge in [-0.25, -0.2) is 0 Å². The van der Waals surface area contributed by atoms with Crippen LogP contribution in [-0.4, -0.2) is 15.0 Å². The minimum atomic E-state index is 0.306. The topological polar surface area (TPSA) is 0 Å². The van der Waals surface area contributed by atoms with Gasteiger partial charge >= 0.3 is 62.7 Å². The van der Waals surface area contributed by atoms with Gasteiger partial charge in [0.25, 0.3) is 0 Å². The average Bonchev–Trinajstić information content (AvgIpc) is 1.88. The van der Waals surface area contributed by atoms with Gasteiger partial charge in [0, 0.05) is 0 Å². The molecule has 0 rings (SSSR count). The molecule has 0 amide bonds. The number of rotatable bonds is 3. The zero-order valence-electron chi connectivity index (χ0n) is 5.55. The first kappa shape index (κ1) is 8.60. The summed E-state index contributed by atoms with van der Waals surface area (Å²) in [5.74, 6) is 2.67. The Morgan fingerprint density at radius 2 is 2.56 bits per heavy atom. The molecule has 0 aromatic rings. The van der Waals surface area contributed by atoms with Gasteiger partial charge in [-0.3, -0.25) is 0 Å². The molecular weight excluding hydrogens is 175 g/mol. The summed E-state index contributed by atoms with van der Waals surface area (Å²) < 4.78 is 0. The summed E-state index contributed by atoms with van der Waals surface area (Å²) in [4.78, 5) is 0.306. The molecule has 0 aromatic carbocycles. The molecule has 0 fully saturated rings. The van der Waals surface area contributed by atoms with Gasteiger partial charge in [-0.15, -0.1) is 0 Å². The van der Waals surface area contributed by atoms with Gasteiger partial charge in [0.15, 0.2) is 0 Å². The van der Waals surface area contributed by atoms with E-state index in [1.165, 1.54) is 5.32 Å². The Balaban J connectivity index is 3.72. The van der Waals surface area contributed by atoms with Crippen LogP contribution < -0.4 is 0 Å². The molecule has 1 unspecified atom stereocenters. The summed E-state index contributed by atoms with van der Waals surface area (Å²) in [6.45, 7) is 5.60. The predicted molar refractivity (Wildman–Crippen MR) is 42.5 cm³/mol. The molecule has 0 bridgehead atoms. The third-order valence-corrected chi connectivity index (χ3v) is 2.80. The normalized spacial score (nSPS) is 11.1. The van der Waals surface area contributed by atoms with E-state index in [2.05, 4.69) is 25.2 Å². The van der Waals surface area contributed by atoms with Crippen LogP contribution in [0.5, 0.6) is 0 Å². The molecule has 9 heavy (non-hydrogen) atoms. The van der Waals surface area contributed by atoms with Crippen molar-refractivity contribution in [1.82, 2.24) is 0 Å². The van der Waals surface area contributed by atoms with E-state index in [0.29, 0.717) is 19.8 Å². The molecular formula is C8H10Se. The van der Waals surface area contributed by atoms with Crippen molar-refractivity contribution in [2.45, 2.75) is 17.1 Å². The second-order valence-electron chi connectivity index (χ2n) is 1.41. The molecule has 0 saturated heterocycles. The first-order chi connectivity index (χ1) is 4.35. The molecule has 0 spiro atoms. The van der Waals surface area contributed by atoms with Crippen LogP contribution in [0.1, 0.15) is 6.92 Å².